The maximum absolute atomic E-state index is 12.3. The van der Waals surface area contributed by atoms with Crippen LogP contribution in [0.15, 0.2) is 5.16 Å². The molecule has 2 atom stereocenters. The summed E-state index contributed by atoms with van der Waals surface area (Å²) in [7, 11) is 0. The highest BCUT2D eigenvalue weighted by Gasteiger charge is 2.23. The van der Waals surface area contributed by atoms with Crippen molar-refractivity contribution in [3.63, 3.8) is 0 Å². The number of nitrogens with zero attached hydrogens (tertiary/aromatic N) is 4. The Hall–Kier alpha value is -2.16. The minimum Gasteiger partial charge on any atom is -0.455 e. The lowest BCUT2D eigenvalue weighted by atomic mass is 9.86. The Balaban J connectivity index is 1.59. The fourth-order valence-electron chi connectivity index (χ4n) is 3.65. The number of esters is 1. The van der Waals surface area contributed by atoms with Gasteiger partial charge in [-0.3, -0.25) is 9.59 Å². The Morgan fingerprint density at radius 1 is 1.25 bits per heavy atom. The molecule has 0 aromatic carbocycles. The third-order valence-corrected chi connectivity index (χ3v) is 5.89. The number of carbonyl (C=O) groups excluding carboxylic acids is 2. The van der Waals surface area contributed by atoms with Crippen LogP contribution in [0, 0.1) is 19.8 Å². The van der Waals surface area contributed by atoms with E-state index >= 15 is 0 Å². The van der Waals surface area contributed by atoms with E-state index in [9.17, 15) is 9.59 Å². The molecule has 0 aliphatic heterocycles. The topological polar surface area (TPSA) is 98.5 Å². The molecule has 1 saturated carbocycles. The second kappa shape index (κ2) is 8.89. The number of nitrogens with one attached hydrogen (secondary N) is 1. The molecule has 2 aromatic rings. The smallest absolute Gasteiger partial charge is 0.310 e. The van der Waals surface area contributed by atoms with Gasteiger partial charge in [0.2, 0.25) is 5.16 Å². The van der Waals surface area contributed by atoms with E-state index in [1.54, 1.807) is 4.52 Å². The first-order chi connectivity index (χ1) is 13.4. The van der Waals surface area contributed by atoms with Crippen molar-refractivity contribution < 1.29 is 14.3 Å². The molecule has 0 radical (unpaired) electrons. The minimum atomic E-state index is -0.454. The van der Waals surface area contributed by atoms with Crippen LogP contribution in [0.4, 0.5) is 0 Å². The van der Waals surface area contributed by atoms with Crippen molar-refractivity contribution >= 4 is 29.4 Å². The fourth-order valence-corrected chi connectivity index (χ4v) is 3.99. The zero-order valence-corrected chi connectivity index (χ0v) is 17.6. The average Bonchev–Trinajstić information content (AvgIpc) is 3.08. The molecule has 0 saturated heterocycles. The van der Waals surface area contributed by atoms with Crippen LogP contribution in [0.2, 0.25) is 0 Å². The molecule has 9 heteroatoms. The van der Waals surface area contributed by atoms with Crippen molar-refractivity contribution in [3.8, 4) is 0 Å². The number of hydrogen-bond donors (Lipinski definition) is 1. The molecule has 0 spiro atoms. The van der Waals surface area contributed by atoms with Gasteiger partial charge in [-0.15, -0.1) is 5.10 Å². The quantitative estimate of drug-likeness (QED) is 0.581. The van der Waals surface area contributed by atoms with E-state index in [-0.39, 0.29) is 25.0 Å². The minimum absolute atomic E-state index is 0.0438. The Morgan fingerprint density at radius 2 is 2.00 bits per heavy atom. The molecular formula is C19H27N5O3S. The molecule has 2 aromatic heterocycles. The first-order valence-corrected chi connectivity index (χ1v) is 10.8. The van der Waals surface area contributed by atoms with Gasteiger partial charge in [0.15, 0.2) is 6.61 Å². The van der Waals surface area contributed by atoms with Crippen molar-refractivity contribution in [2.24, 2.45) is 5.92 Å². The van der Waals surface area contributed by atoms with Crippen LogP contribution < -0.4 is 5.32 Å². The number of rotatable bonds is 6. The van der Waals surface area contributed by atoms with Crippen LogP contribution in [-0.4, -0.2) is 50.4 Å². The molecule has 28 heavy (non-hydrogen) atoms. The molecule has 2 heterocycles. The van der Waals surface area contributed by atoms with Gasteiger partial charge in [-0.1, -0.05) is 31.5 Å². The molecule has 0 bridgehead atoms. The van der Waals surface area contributed by atoms with Gasteiger partial charge in [-0.05, 0) is 38.9 Å². The van der Waals surface area contributed by atoms with Gasteiger partial charge in [0, 0.05) is 23.0 Å². The Kier molecular flexibility index (Phi) is 6.53. The molecule has 1 N–H and O–H groups in total. The van der Waals surface area contributed by atoms with E-state index in [2.05, 4.69) is 27.3 Å². The lowest BCUT2D eigenvalue weighted by molar-refractivity contribution is -0.148. The maximum atomic E-state index is 12.3. The van der Waals surface area contributed by atoms with E-state index in [4.69, 9.17) is 4.74 Å². The number of thioether (sulfide) groups is 1. The highest BCUT2D eigenvalue weighted by Crippen LogP contribution is 2.23. The summed E-state index contributed by atoms with van der Waals surface area (Å²) in [6.45, 7) is 5.60. The third kappa shape index (κ3) is 4.63. The Labute approximate surface area is 168 Å². The van der Waals surface area contributed by atoms with E-state index < -0.39 is 5.97 Å². The van der Waals surface area contributed by atoms with Crippen LogP contribution >= 0.6 is 11.8 Å². The van der Waals surface area contributed by atoms with Crippen LogP contribution in [0.1, 0.15) is 49.6 Å². The Morgan fingerprint density at radius 3 is 2.71 bits per heavy atom. The van der Waals surface area contributed by atoms with E-state index in [1.807, 2.05) is 20.1 Å². The van der Waals surface area contributed by atoms with Crippen LogP contribution in [0.5, 0.6) is 0 Å². The predicted molar refractivity (Wildman–Crippen MR) is 106 cm³/mol. The molecule has 1 aliphatic rings. The van der Waals surface area contributed by atoms with Crippen LogP contribution in [0.3, 0.4) is 0 Å². The van der Waals surface area contributed by atoms with Gasteiger partial charge in [0.25, 0.3) is 11.7 Å². The first kappa shape index (κ1) is 20.6. The molecular weight excluding hydrogens is 378 g/mol. The van der Waals surface area contributed by atoms with E-state index in [0.717, 1.165) is 30.5 Å². The van der Waals surface area contributed by atoms with Gasteiger partial charge in [-0.25, -0.2) is 9.50 Å². The zero-order valence-electron chi connectivity index (χ0n) is 16.8. The van der Waals surface area contributed by atoms with Gasteiger partial charge >= 0.3 is 5.97 Å². The second-order valence-electron chi connectivity index (χ2n) is 7.34. The summed E-state index contributed by atoms with van der Waals surface area (Å²) >= 11 is 1.44. The lowest BCUT2D eigenvalue weighted by Crippen LogP contribution is -2.43. The van der Waals surface area contributed by atoms with Crippen molar-refractivity contribution in [2.45, 2.75) is 64.1 Å². The normalized spacial score (nSPS) is 19.6. The predicted octanol–water partition coefficient (Wildman–Crippen LogP) is 2.24. The summed E-state index contributed by atoms with van der Waals surface area (Å²) in [6, 6.07) is 0.175. The van der Waals surface area contributed by atoms with Gasteiger partial charge in [-0.2, -0.15) is 4.98 Å². The molecule has 0 unspecified atom stereocenters. The van der Waals surface area contributed by atoms with Crippen molar-refractivity contribution in [1.29, 1.82) is 0 Å². The highest BCUT2D eigenvalue weighted by atomic mass is 32.2. The summed E-state index contributed by atoms with van der Waals surface area (Å²) in [4.78, 5) is 33.2. The average molecular weight is 406 g/mol. The number of carbonyl (C=O) groups is 2. The van der Waals surface area contributed by atoms with Crippen molar-refractivity contribution in [1.82, 2.24) is 24.9 Å². The summed E-state index contributed by atoms with van der Waals surface area (Å²) in [6.07, 6.45) is 6.39. The number of aryl methyl sites for hydroxylation is 2. The van der Waals surface area contributed by atoms with Gasteiger partial charge in [0.1, 0.15) is 0 Å². The maximum Gasteiger partial charge on any atom is 0.310 e. The van der Waals surface area contributed by atoms with Crippen LogP contribution in [0.25, 0.3) is 5.78 Å². The van der Waals surface area contributed by atoms with Crippen molar-refractivity contribution in [2.75, 3.05) is 12.9 Å². The van der Waals surface area contributed by atoms with Gasteiger partial charge in [0.05, 0.1) is 6.42 Å². The van der Waals surface area contributed by atoms with Crippen LogP contribution in [-0.2, 0) is 20.7 Å². The molecule has 1 fully saturated rings. The Bertz CT molecular complexity index is 882. The fraction of sp³-hybridized carbons (Fsp3) is 0.632. The number of ether oxygens (including phenoxy) is 1. The third-order valence-electron chi connectivity index (χ3n) is 5.36. The molecule has 1 amide bonds. The second-order valence-corrected chi connectivity index (χ2v) is 8.12. The largest absolute Gasteiger partial charge is 0.455 e. The standard InChI is InChI=1S/C19H27N5O3S/c1-11-7-5-6-8-15(11)21-16(25)10-27-17(26)9-14-12(2)20-18-22-19(28-4)23-24(18)13(14)3/h11,15H,5-10H2,1-4H3,(H,21,25)/t11-,15-/m0/s1. The van der Waals surface area contributed by atoms with E-state index in [1.165, 1.54) is 18.2 Å². The monoisotopic (exact) mass is 405 g/mol. The zero-order chi connectivity index (χ0) is 20.3. The van der Waals surface area contributed by atoms with Crippen molar-refractivity contribution in [3.05, 3.63) is 17.0 Å². The number of fused-ring (bicyclic) bond motifs is 1. The summed E-state index contributed by atoms with van der Waals surface area (Å²) in [5, 5.41) is 7.99. The SMILES string of the molecule is CSc1nc2nc(C)c(CC(=O)OCC(=O)N[C@H]3CCCC[C@@H]3C)c(C)n2n1. The molecule has 3 rings (SSSR count). The molecule has 152 valence electrons. The number of hydrogen-bond acceptors (Lipinski definition) is 7. The highest BCUT2D eigenvalue weighted by molar-refractivity contribution is 7.98. The summed E-state index contributed by atoms with van der Waals surface area (Å²) in [5.74, 6) is 0.280. The number of amides is 1. The molecule has 8 nitrogen and oxygen atoms in total. The first-order valence-electron chi connectivity index (χ1n) is 9.61. The number of aromatic nitrogens is 4. The summed E-state index contributed by atoms with van der Waals surface area (Å²) in [5.41, 5.74) is 2.26. The summed E-state index contributed by atoms with van der Waals surface area (Å²) < 4.78 is 6.84. The van der Waals surface area contributed by atoms with E-state index in [0.29, 0.717) is 22.5 Å². The van der Waals surface area contributed by atoms with Gasteiger partial charge < -0.3 is 10.1 Å². The lowest BCUT2D eigenvalue weighted by Gasteiger charge is -2.29. The molecule has 1 aliphatic carbocycles.